The van der Waals surface area contributed by atoms with Crippen molar-refractivity contribution in [2.75, 3.05) is 29.9 Å². The van der Waals surface area contributed by atoms with Gasteiger partial charge in [0.2, 0.25) is 5.91 Å². The maximum absolute atomic E-state index is 13.2. The number of halogens is 1. The molecular formula is C23H27FN3O3+. The summed E-state index contributed by atoms with van der Waals surface area (Å²) in [5.41, 5.74) is 1.50. The molecule has 7 heteroatoms. The van der Waals surface area contributed by atoms with Crippen LogP contribution in [-0.2, 0) is 9.59 Å². The third-order valence-corrected chi connectivity index (χ3v) is 5.89. The molecule has 2 heterocycles. The van der Waals surface area contributed by atoms with Crippen LogP contribution < -0.4 is 19.9 Å². The van der Waals surface area contributed by atoms with Gasteiger partial charge in [0, 0.05) is 24.6 Å². The Morgan fingerprint density at radius 3 is 2.37 bits per heavy atom. The molecule has 0 aromatic heterocycles. The predicted octanol–water partition coefficient (Wildman–Crippen LogP) is 2.02. The molecule has 30 heavy (non-hydrogen) atoms. The van der Waals surface area contributed by atoms with Crippen LogP contribution in [0.15, 0.2) is 48.5 Å². The molecule has 2 aliphatic heterocycles. The Hall–Kier alpha value is -2.93. The molecule has 0 saturated carbocycles. The van der Waals surface area contributed by atoms with Gasteiger partial charge >= 0.3 is 0 Å². The zero-order chi connectivity index (χ0) is 21.1. The third-order valence-electron chi connectivity index (χ3n) is 5.89. The molecule has 0 radical (unpaired) electrons. The number of nitrogens with zero attached hydrogens (tertiary/aromatic N) is 1. The van der Waals surface area contributed by atoms with Crippen LogP contribution in [0.5, 0.6) is 5.75 Å². The monoisotopic (exact) mass is 412 g/mol. The lowest BCUT2D eigenvalue weighted by molar-refractivity contribution is -0.919. The largest absolute Gasteiger partial charge is 0.494 e. The first-order chi connectivity index (χ1) is 14.5. The van der Waals surface area contributed by atoms with Crippen molar-refractivity contribution >= 4 is 23.2 Å². The molecule has 1 atom stereocenters. The van der Waals surface area contributed by atoms with E-state index in [1.807, 2.05) is 31.2 Å². The number of piperidine rings is 1. The maximum Gasteiger partial charge on any atom is 0.292 e. The van der Waals surface area contributed by atoms with Crippen LogP contribution in [-0.4, -0.2) is 43.6 Å². The normalized spacial score (nSPS) is 24.2. The molecule has 0 unspecified atom stereocenters. The molecule has 2 N–H and O–H groups in total. The number of nitrogens with one attached hydrogen (secondary N) is 2. The second kappa shape index (κ2) is 8.83. The first-order valence-electron chi connectivity index (χ1n) is 10.5. The van der Waals surface area contributed by atoms with Crippen molar-refractivity contribution in [2.24, 2.45) is 0 Å². The molecule has 2 fully saturated rings. The summed E-state index contributed by atoms with van der Waals surface area (Å²) in [4.78, 5) is 27.8. The lowest BCUT2D eigenvalue weighted by atomic mass is 10.0. The highest BCUT2D eigenvalue weighted by Crippen LogP contribution is 2.23. The highest BCUT2D eigenvalue weighted by molar-refractivity contribution is 6.21. The van der Waals surface area contributed by atoms with E-state index in [1.165, 1.54) is 29.2 Å². The Bertz CT molecular complexity index is 893. The van der Waals surface area contributed by atoms with Crippen LogP contribution in [0, 0.1) is 5.82 Å². The first-order valence-corrected chi connectivity index (χ1v) is 10.5. The van der Waals surface area contributed by atoms with Gasteiger partial charge in [0.25, 0.3) is 5.91 Å². The number of quaternary nitrogens is 1. The number of likely N-dealkylation sites (tertiary alicyclic amines) is 1. The van der Waals surface area contributed by atoms with Gasteiger partial charge in [0.15, 0.2) is 6.04 Å². The fourth-order valence-corrected chi connectivity index (χ4v) is 4.34. The number of hydrogen-bond acceptors (Lipinski definition) is 4. The van der Waals surface area contributed by atoms with Crippen LogP contribution >= 0.6 is 0 Å². The molecule has 0 bridgehead atoms. The summed E-state index contributed by atoms with van der Waals surface area (Å²) < 4.78 is 18.7. The van der Waals surface area contributed by atoms with Crippen LogP contribution in [0.2, 0.25) is 0 Å². The van der Waals surface area contributed by atoms with E-state index < -0.39 is 0 Å². The number of benzene rings is 2. The van der Waals surface area contributed by atoms with Crippen molar-refractivity contribution in [3.63, 3.8) is 0 Å². The SMILES string of the molecule is CCOc1ccc(NC2CC[NH+]([C@@H]3CC(=O)N(c4ccc(F)cc4)C3=O)CC2)cc1. The van der Waals surface area contributed by atoms with E-state index in [0.717, 1.165) is 42.3 Å². The van der Waals surface area contributed by atoms with E-state index in [-0.39, 0.29) is 30.1 Å². The highest BCUT2D eigenvalue weighted by Gasteiger charge is 2.46. The van der Waals surface area contributed by atoms with Crippen LogP contribution in [0.3, 0.4) is 0 Å². The van der Waals surface area contributed by atoms with Crippen molar-refractivity contribution < 1.29 is 23.6 Å². The Labute approximate surface area is 175 Å². The summed E-state index contributed by atoms with van der Waals surface area (Å²) in [5.74, 6) is 0.0813. The number of ether oxygens (including phenoxy) is 1. The number of imide groups is 1. The standard InChI is InChI=1S/C23H26FN3O3/c1-2-30-20-9-5-17(6-10-20)25-18-11-13-26(14-12-18)21-15-22(28)27(23(21)29)19-7-3-16(24)4-8-19/h3-10,18,21,25H,2,11-15H2,1H3/p+1/t21-/m1/s1. The smallest absolute Gasteiger partial charge is 0.292 e. The Kier molecular flexibility index (Phi) is 5.99. The van der Waals surface area contributed by atoms with Gasteiger partial charge in [-0.25, -0.2) is 9.29 Å². The van der Waals surface area contributed by atoms with Gasteiger partial charge in [-0.2, -0.15) is 0 Å². The number of rotatable bonds is 6. The zero-order valence-electron chi connectivity index (χ0n) is 17.1. The van der Waals surface area contributed by atoms with Crippen molar-refractivity contribution in [3.05, 3.63) is 54.3 Å². The van der Waals surface area contributed by atoms with E-state index in [0.29, 0.717) is 18.3 Å². The Morgan fingerprint density at radius 2 is 1.73 bits per heavy atom. The molecule has 0 aliphatic carbocycles. The summed E-state index contributed by atoms with van der Waals surface area (Å²) in [6.07, 6.45) is 2.07. The highest BCUT2D eigenvalue weighted by atomic mass is 19.1. The molecule has 6 nitrogen and oxygen atoms in total. The van der Waals surface area contributed by atoms with E-state index >= 15 is 0 Å². The average molecular weight is 412 g/mol. The topological polar surface area (TPSA) is 63.1 Å². The molecule has 2 aromatic rings. The minimum Gasteiger partial charge on any atom is -0.494 e. The fourth-order valence-electron chi connectivity index (χ4n) is 4.34. The zero-order valence-corrected chi connectivity index (χ0v) is 17.1. The van der Waals surface area contributed by atoms with Crippen molar-refractivity contribution in [1.82, 2.24) is 0 Å². The Balaban J connectivity index is 1.33. The third kappa shape index (κ3) is 4.31. The summed E-state index contributed by atoms with van der Waals surface area (Å²) in [6, 6.07) is 13.4. The molecule has 2 aliphatic rings. The van der Waals surface area contributed by atoms with Gasteiger partial charge in [0.1, 0.15) is 11.6 Å². The van der Waals surface area contributed by atoms with Gasteiger partial charge in [-0.1, -0.05) is 0 Å². The van der Waals surface area contributed by atoms with Gasteiger partial charge < -0.3 is 15.0 Å². The summed E-state index contributed by atoms with van der Waals surface area (Å²) >= 11 is 0. The van der Waals surface area contributed by atoms with E-state index in [4.69, 9.17) is 4.74 Å². The van der Waals surface area contributed by atoms with Gasteiger partial charge in [0.05, 0.1) is 31.8 Å². The number of amides is 2. The van der Waals surface area contributed by atoms with E-state index in [9.17, 15) is 14.0 Å². The summed E-state index contributed by atoms with van der Waals surface area (Å²) in [5, 5.41) is 3.55. The van der Waals surface area contributed by atoms with E-state index in [1.54, 1.807) is 0 Å². The number of hydrogen-bond donors (Lipinski definition) is 2. The lowest BCUT2D eigenvalue weighted by Crippen LogP contribution is -3.17. The van der Waals surface area contributed by atoms with Gasteiger partial charge in [-0.05, 0) is 55.5 Å². The second-order valence-corrected chi connectivity index (χ2v) is 7.83. The van der Waals surface area contributed by atoms with Gasteiger partial charge in [-0.3, -0.25) is 9.59 Å². The molecule has 0 spiro atoms. The molecular weight excluding hydrogens is 385 g/mol. The molecule has 4 rings (SSSR count). The van der Waals surface area contributed by atoms with Crippen LogP contribution in [0.1, 0.15) is 26.2 Å². The first kappa shape index (κ1) is 20.3. The van der Waals surface area contributed by atoms with Crippen molar-refractivity contribution in [1.29, 1.82) is 0 Å². The van der Waals surface area contributed by atoms with Crippen LogP contribution in [0.25, 0.3) is 0 Å². The average Bonchev–Trinajstić information content (AvgIpc) is 3.05. The second-order valence-electron chi connectivity index (χ2n) is 7.83. The molecule has 2 amide bonds. The number of anilines is 2. The lowest BCUT2D eigenvalue weighted by Gasteiger charge is -2.32. The Morgan fingerprint density at radius 1 is 1.07 bits per heavy atom. The maximum atomic E-state index is 13.2. The quantitative estimate of drug-likeness (QED) is 0.713. The van der Waals surface area contributed by atoms with E-state index in [2.05, 4.69) is 5.32 Å². The van der Waals surface area contributed by atoms with Crippen molar-refractivity contribution in [3.8, 4) is 5.75 Å². The molecule has 158 valence electrons. The van der Waals surface area contributed by atoms with Crippen LogP contribution in [0.4, 0.5) is 15.8 Å². The molecule has 2 aromatic carbocycles. The summed E-state index contributed by atoms with van der Waals surface area (Å²) in [6.45, 7) is 4.27. The minimum absolute atomic E-state index is 0.181. The predicted molar refractivity (Wildman–Crippen MR) is 112 cm³/mol. The van der Waals surface area contributed by atoms with Crippen molar-refractivity contribution in [2.45, 2.75) is 38.3 Å². The number of carbonyl (C=O) groups is 2. The molecule has 2 saturated heterocycles. The fraction of sp³-hybridized carbons (Fsp3) is 0.391. The minimum atomic E-state index is -0.387. The number of carbonyl (C=O) groups excluding carboxylic acids is 2. The van der Waals surface area contributed by atoms with Gasteiger partial charge in [-0.15, -0.1) is 0 Å². The summed E-state index contributed by atoms with van der Waals surface area (Å²) in [7, 11) is 0.